The van der Waals surface area contributed by atoms with Crippen molar-refractivity contribution in [1.29, 1.82) is 0 Å². The Morgan fingerprint density at radius 2 is 2.32 bits per heavy atom. The second-order valence-corrected chi connectivity index (χ2v) is 8.50. The third-order valence-electron chi connectivity index (χ3n) is 5.75. The predicted molar refractivity (Wildman–Crippen MR) is 103 cm³/mol. The summed E-state index contributed by atoms with van der Waals surface area (Å²) in [6.07, 6.45) is 5.68. The van der Waals surface area contributed by atoms with Crippen LogP contribution in [0, 0.1) is 5.92 Å². The number of fused-ring (bicyclic) bond motifs is 2. The smallest absolute Gasteiger partial charge is 0.313 e. The summed E-state index contributed by atoms with van der Waals surface area (Å²) >= 11 is 1.57. The first-order chi connectivity index (χ1) is 12.2. The molecular formula is C20H26N2O2S. The zero-order valence-electron chi connectivity index (χ0n) is 14.7. The van der Waals surface area contributed by atoms with E-state index < -0.39 is 5.97 Å². The summed E-state index contributed by atoms with van der Waals surface area (Å²) in [4.78, 5) is 17.0. The topological polar surface area (TPSA) is 56.3 Å². The van der Waals surface area contributed by atoms with Gasteiger partial charge in [-0.15, -0.1) is 11.8 Å². The van der Waals surface area contributed by atoms with Gasteiger partial charge in [-0.25, -0.2) is 0 Å². The molecule has 2 heterocycles. The Balaban J connectivity index is 1.61. The lowest BCUT2D eigenvalue weighted by molar-refractivity contribution is -0.133. The van der Waals surface area contributed by atoms with Crippen molar-refractivity contribution in [2.45, 2.75) is 38.1 Å². The van der Waals surface area contributed by atoms with Crippen LogP contribution in [0.4, 0.5) is 0 Å². The number of nitrogens with zero attached hydrogens (tertiary/aromatic N) is 1. The van der Waals surface area contributed by atoms with Crippen LogP contribution in [0.25, 0.3) is 10.9 Å². The van der Waals surface area contributed by atoms with Gasteiger partial charge in [0.2, 0.25) is 0 Å². The van der Waals surface area contributed by atoms with Gasteiger partial charge in [-0.05, 0) is 54.7 Å². The number of nitrogens with one attached hydrogen (secondary N) is 1. The van der Waals surface area contributed by atoms with Gasteiger partial charge in [0, 0.05) is 35.6 Å². The first kappa shape index (κ1) is 17.0. The number of aliphatic carboxylic acids is 1. The summed E-state index contributed by atoms with van der Waals surface area (Å²) in [7, 11) is 0. The molecule has 25 heavy (non-hydrogen) atoms. The van der Waals surface area contributed by atoms with Crippen molar-refractivity contribution < 1.29 is 9.90 Å². The van der Waals surface area contributed by atoms with Crippen LogP contribution in [0.3, 0.4) is 0 Å². The van der Waals surface area contributed by atoms with E-state index >= 15 is 0 Å². The average Bonchev–Trinajstić information content (AvgIpc) is 3.00. The van der Waals surface area contributed by atoms with Crippen molar-refractivity contribution >= 4 is 28.6 Å². The van der Waals surface area contributed by atoms with Crippen molar-refractivity contribution in [2.75, 3.05) is 24.6 Å². The van der Waals surface area contributed by atoms with E-state index in [1.165, 1.54) is 34.9 Å². The molecule has 0 spiro atoms. The molecule has 2 N–H and O–H groups in total. The number of thioether (sulfide) groups is 1. The van der Waals surface area contributed by atoms with E-state index in [9.17, 15) is 4.79 Å². The quantitative estimate of drug-likeness (QED) is 0.826. The Morgan fingerprint density at radius 3 is 3.12 bits per heavy atom. The number of piperidine rings is 1. The normalized spacial score (nSPS) is 25.9. The number of hydrogen-bond donors (Lipinski definition) is 2. The van der Waals surface area contributed by atoms with E-state index in [2.05, 4.69) is 41.2 Å². The number of carboxylic acids is 1. The Bertz CT molecular complexity index is 772. The number of benzene rings is 1. The number of rotatable bonds is 6. The number of aromatic amines is 1. The first-order valence-corrected chi connectivity index (χ1v) is 10.4. The Hall–Kier alpha value is -1.46. The van der Waals surface area contributed by atoms with E-state index in [1.807, 2.05) is 0 Å². The van der Waals surface area contributed by atoms with Gasteiger partial charge in [0.25, 0.3) is 0 Å². The van der Waals surface area contributed by atoms with Gasteiger partial charge in [-0.3, -0.25) is 9.69 Å². The van der Waals surface area contributed by atoms with Crippen LogP contribution in [0.5, 0.6) is 0 Å². The van der Waals surface area contributed by atoms with E-state index in [1.54, 1.807) is 11.8 Å². The van der Waals surface area contributed by atoms with Crippen molar-refractivity contribution in [2.24, 2.45) is 5.92 Å². The van der Waals surface area contributed by atoms with Gasteiger partial charge in [0.05, 0.1) is 5.75 Å². The van der Waals surface area contributed by atoms with Crippen LogP contribution < -0.4 is 0 Å². The summed E-state index contributed by atoms with van der Waals surface area (Å²) in [5.74, 6) is 1.61. The molecule has 1 fully saturated rings. The van der Waals surface area contributed by atoms with Crippen LogP contribution in [0.2, 0.25) is 0 Å². The van der Waals surface area contributed by atoms with E-state index in [4.69, 9.17) is 5.11 Å². The number of carboxylic acid groups (broad SMARTS) is 1. The molecule has 0 radical (unpaired) electrons. The highest BCUT2D eigenvalue weighted by Crippen LogP contribution is 2.45. The van der Waals surface area contributed by atoms with Crippen molar-refractivity contribution in [1.82, 2.24) is 9.88 Å². The number of H-pyrrole nitrogens is 1. The van der Waals surface area contributed by atoms with Gasteiger partial charge in [-0.1, -0.05) is 19.1 Å². The average molecular weight is 359 g/mol. The lowest BCUT2D eigenvalue weighted by Gasteiger charge is -2.47. The number of carbonyl (C=O) groups is 1. The lowest BCUT2D eigenvalue weighted by atomic mass is 9.72. The van der Waals surface area contributed by atoms with Gasteiger partial charge in [-0.2, -0.15) is 0 Å². The highest BCUT2D eigenvalue weighted by molar-refractivity contribution is 7.99. The maximum atomic E-state index is 10.8. The van der Waals surface area contributed by atoms with Crippen molar-refractivity contribution in [3.05, 3.63) is 35.5 Å². The lowest BCUT2D eigenvalue weighted by Crippen LogP contribution is -2.50. The van der Waals surface area contributed by atoms with Crippen LogP contribution in [0.1, 0.15) is 36.8 Å². The van der Waals surface area contributed by atoms with Crippen LogP contribution in [-0.2, 0) is 11.2 Å². The molecule has 0 bridgehead atoms. The van der Waals surface area contributed by atoms with Crippen molar-refractivity contribution in [3.8, 4) is 0 Å². The minimum Gasteiger partial charge on any atom is -0.481 e. The van der Waals surface area contributed by atoms with Crippen LogP contribution in [0.15, 0.2) is 24.4 Å². The van der Waals surface area contributed by atoms with Crippen LogP contribution >= 0.6 is 11.8 Å². The molecule has 3 atom stereocenters. The molecule has 0 amide bonds. The number of likely N-dealkylation sites (tertiary alicyclic amines) is 1. The molecule has 0 saturated carbocycles. The van der Waals surface area contributed by atoms with Gasteiger partial charge >= 0.3 is 5.97 Å². The fraction of sp³-hybridized carbons (Fsp3) is 0.550. The molecule has 1 aliphatic carbocycles. The van der Waals surface area contributed by atoms with E-state index in [-0.39, 0.29) is 5.75 Å². The predicted octanol–water partition coefficient (Wildman–Crippen LogP) is 3.73. The molecule has 5 heteroatoms. The molecular weight excluding hydrogens is 332 g/mol. The van der Waals surface area contributed by atoms with Gasteiger partial charge in [0.15, 0.2) is 0 Å². The summed E-state index contributed by atoms with van der Waals surface area (Å²) in [6, 6.07) is 7.26. The van der Waals surface area contributed by atoms with E-state index in [0.29, 0.717) is 17.9 Å². The van der Waals surface area contributed by atoms with Crippen molar-refractivity contribution in [3.63, 3.8) is 0 Å². The largest absolute Gasteiger partial charge is 0.481 e. The molecule has 1 aromatic carbocycles. The third-order valence-corrected chi connectivity index (χ3v) is 6.91. The summed E-state index contributed by atoms with van der Waals surface area (Å²) in [5.41, 5.74) is 4.22. The maximum Gasteiger partial charge on any atom is 0.313 e. The van der Waals surface area contributed by atoms with Gasteiger partial charge in [0.1, 0.15) is 0 Å². The molecule has 1 saturated heterocycles. The minimum absolute atomic E-state index is 0.218. The molecule has 0 unspecified atom stereocenters. The molecule has 2 aliphatic rings. The monoisotopic (exact) mass is 358 g/mol. The Morgan fingerprint density at radius 1 is 1.44 bits per heavy atom. The number of aromatic nitrogens is 1. The standard InChI is InChI=1S/C20H26N2O2S/c1-2-6-22-10-13(11-25-12-19(23)24)7-16-15-4-3-5-17-20(15)14(9-21-17)8-18(16)22/h3-5,9,13,16,18,21H,2,6-8,10-12H2,1H3,(H,23,24)/t13-,16-,18-/m1/s1. The Kier molecular flexibility index (Phi) is 4.78. The zero-order chi connectivity index (χ0) is 17.4. The van der Waals surface area contributed by atoms with Crippen LogP contribution in [-0.4, -0.2) is 51.6 Å². The van der Waals surface area contributed by atoms with E-state index in [0.717, 1.165) is 25.3 Å². The summed E-state index contributed by atoms with van der Waals surface area (Å²) in [5, 5.41) is 10.4. The SMILES string of the molecule is CCCN1C[C@H](CSCC(=O)O)C[C@@H]2c3cccc4[nH]cc(c34)C[C@H]21. The molecule has 1 aromatic heterocycles. The molecule has 134 valence electrons. The second kappa shape index (κ2) is 7.04. The Labute approximate surface area is 153 Å². The molecule has 4 rings (SSSR count). The molecule has 4 nitrogen and oxygen atoms in total. The summed E-state index contributed by atoms with van der Waals surface area (Å²) < 4.78 is 0. The van der Waals surface area contributed by atoms with Gasteiger partial charge < -0.3 is 10.1 Å². The summed E-state index contributed by atoms with van der Waals surface area (Å²) in [6.45, 7) is 4.50. The molecule has 1 aliphatic heterocycles. The number of hydrogen-bond acceptors (Lipinski definition) is 3. The maximum absolute atomic E-state index is 10.8. The second-order valence-electron chi connectivity index (χ2n) is 7.47. The highest BCUT2D eigenvalue weighted by Gasteiger charge is 2.40. The zero-order valence-corrected chi connectivity index (χ0v) is 15.5. The first-order valence-electron chi connectivity index (χ1n) is 9.29. The third kappa shape index (κ3) is 3.20. The fourth-order valence-electron chi connectivity index (χ4n) is 4.88. The molecule has 2 aromatic rings. The minimum atomic E-state index is -0.705. The fourth-order valence-corrected chi connectivity index (χ4v) is 5.74. The highest BCUT2D eigenvalue weighted by atomic mass is 32.2.